The van der Waals surface area contributed by atoms with Gasteiger partial charge in [-0.1, -0.05) is 0 Å². The topological polar surface area (TPSA) is 92.5 Å². The van der Waals surface area contributed by atoms with E-state index >= 15 is 0 Å². The van der Waals surface area contributed by atoms with Crippen LogP contribution in [0.25, 0.3) is 0 Å². The Morgan fingerprint density at radius 1 is 1.05 bits per heavy atom. The van der Waals surface area contributed by atoms with Gasteiger partial charge in [-0.15, -0.1) is 0 Å². The minimum absolute atomic E-state index is 0.0475. The predicted molar refractivity (Wildman–Crippen MR) is 128 cm³/mol. The predicted octanol–water partition coefficient (Wildman–Crippen LogP) is 2.40. The molecule has 0 radical (unpaired) electrons. The van der Waals surface area contributed by atoms with Gasteiger partial charge in [0.15, 0.2) is 0 Å². The van der Waals surface area contributed by atoms with Crippen LogP contribution in [-0.4, -0.2) is 75.1 Å². The number of carbonyl (C=O) groups excluding carboxylic acids is 1. The molecule has 10 nitrogen and oxygen atoms in total. The lowest BCUT2D eigenvalue weighted by Gasteiger charge is -2.43. The molecule has 0 N–H and O–H groups in total. The number of alkyl halides is 3. The number of amides is 1. The van der Waals surface area contributed by atoms with E-state index in [1.807, 2.05) is 11.8 Å². The molecule has 0 bridgehead atoms. The first kappa shape index (κ1) is 24.8. The molecule has 5 rings (SSSR count). The minimum Gasteiger partial charge on any atom is -0.467 e. The first-order chi connectivity index (χ1) is 17.7. The summed E-state index contributed by atoms with van der Waals surface area (Å²) in [6.45, 7) is 4.16. The molecule has 37 heavy (non-hydrogen) atoms. The number of aromatic nitrogens is 5. The van der Waals surface area contributed by atoms with Gasteiger partial charge in [-0.05, 0) is 36.6 Å². The number of hydrogen-bond donors (Lipinski definition) is 0. The summed E-state index contributed by atoms with van der Waals surface area (Å²) >= 11 is 0. The second-order valence-electron chi connectivity index (χ2n) is 9.13. The third kappa shape index (κ3) is 5.02. The van der Waals surface area contributed by atoms with Gasteiger partial charge in [0.1, 0.15) is 6.54 Å². The second-order valence-corrected chi connectivity index (χ2v) is 9.13. The van der Waals surface area contributed by atoms with E-state index in [2.05, 4.69) is 25.1 Å². The molecule has 3 aromatic rings. The van der Waals surface area contributed by atoms with Crippen molar-refractivity contribution in [3.05, 3.63) is 53.6 Å². The minimum atomic E-state index is -4.44. The average Bonchev–Trinajstić information content (AvgIpc) is 3.40. The van der Waals surface area contributed by atoms with Gasteiger partial charge in [0, 0.05) is 44.5 Å². The van der Waals surface area contributed by atoms with E-state index in [4.69, 9.17) is 4.74 Å². The SMILES string of the molecule is COc1ncc(N2CCc3c(C(F)(F)F)ccc(N4CCN(C(=O)Cn5nccn5)C(C)C4)c3C2)cn1. The standard InChI is InChI=1S/C24H27F3N8O2/c1-16-13-33(9-10-34(16)22(36)15-35-30-6-7-31-35)21-4-3-20(24(25,26)27)18-5-8-32(14-19(18)21)17-11-28-23(37-2)29-12-17/h3-4,6-7,11-12,16H,5,8-10,13-15H2,1-2H3. The molecule has 2 aliphatic rings. The van der Waals surface area contributed by atoms with Crippen molar-refractivity contribution < 1.29 is 22.7 Å². The van der Waals surface area contributed by atoms with Crippen LogP contribution in [-0.2, 0) is 30.5 Å². The molecule has 1 saturated heterocycles. The zero-order valence-electron chi connectivity index (χ0n) is 20.5. The van der Waals surface area contributed by atoms with Gasteiger partial charge in [-0.3, -0.25) is 4.79 Å². The molecule has 1 unspecified atom stereocenters. The first-order valence-corrected chi connectivity index (χ1v) is 12.0. The number of carbonyl (C=O) groups is 1. The van der Waals surface area contributed by atoms with Crippen LogP contribution in [0.4, 0.5) is 24.5 Å². The number of methoxy groups -OCH3 is 1. The number of ether oxygens (including phenoxy) is 1. The molecule has 2 aliphatic heterocycles. The highest BCUT2D eigenvalue weighted by Crippen LogP contribution is 2.40. The number of rotatable bonds is 5. The van der Waals surface area contributed by atoms with Crippen molar-refractivity contribution in [2.24, 2.45) is 0 Å². The van der Waals surface area contributed by atoms with Crippen molar-refractivity contribution in [2.45, 2.75) is 38.7 Å². The van der Waals surface area contributed by atoms with Gasteiger partial charge in [0.05, 0.1) is 43.1 Å². The first-order valence-electron chi connectivity index (χ1n) is 12.0. The lowest BCUT2D eigenvalue weighted by atomic mass is 9.91. The Hall–Kier alpha value is -3.90. The van der Waals surface area contributed by atoms with Crippen molar-refractivity contribution in [3.63, 3.8) is 0 Å². The molecular formula is C24H27F3N8O2. The van der Waals surface area contributed by atoms with E-state index in [1.165, 1.54) is 30.4 Å². The van der Waals surface area contributed by atoms with E-state index in [0.29, 0.717) is 49.5 Å². The summed E-state index contributed by atoms with van der Waals surface area (Å²) in [4.78, 5) is 28.3. The van der Waals surface area contributed by atoms with Crippen LogP contribution in [0.2, 0.25) is 0 Å². The Bertz CT molecular complexity index is 1250. The van der Waals surface area contributed by atoms with Crippen LogP contribution in [0.3, 0.4) is 0 Å². The zero-order valence-corrected chi connectivity index (χ0v) is 20.5. The maximum absolute atomic E-state index is 13.9. The lowest BCUT2D eigenvalue weighted by Crippen LogP contribution is -2.55. The van der Waals surface area contributed by atoms with Crippen molar-refractivity contribution in [1.29, 1.82) is 0 Å². The van der Waals surface area contributed by atoms with Gasteiger partial charge < -0.3 is 19.4 Å². The van der Waals surface area contributed by atoms with E-state index in [1.54, 1.807) is 23.4 Å². The Balaban J connectivity index is 1.40. The Morgan fingerprint density at radius 3 is 2.43 bits per heavy atom. The van der Waals surface area contributed by atoms with E-state index in [9.17, 15) is 18.0 Å². The van der Waals surface area contributed by atoms with E-state index < -0.39 is 11.7 Å². The average molecular weight is 517 g/mol. The summed E-state index contributed by atoms with van der Waals surface area (Å²) in [5, 5.41) is 7.98. The Kier molecular flexibility index (Phi) is 6.61. The van der Waals surface area contributed by atoms with Crippen LogP contribution < -0.4 is 14.5 Å². The summed E-state index contributed by atoms with van der Waals surface area (Å²) in [6.07, 6.45) is 2.07. The largest absolute Gasteiger partial charge is 0.467 e. The summed E-state index contributed by atoms with van der Waals surface area (Å²) in [5.74, 6) is -0.0940. The molecule has 1 aromatic carbocycles. The van der Waals surface area contributed by atoms with Crippen molar-refractivity contribution in [1.82, 2.24) is 29.9 Å². The molecule has 1 atom stereocenters. The van der Waals surface area contributed by atoms with Crippen molar-refractivity contribution in [3.8, 4) is 6.01 Å². The summed E-state index contributed by atoms with van der Waals surface area (Å²) in [5.41, 5.74) is 1.85. The number of halogens is 3. The normalized spacial score (nSPS) is 18.1. The van der Waals surface area contributed by atoms with Crippen LogP contribution in [0.1, 0.15) is 23.6 Å². The van der Waals surface area contributed by atoms with E-state index in [0.717, 1.165) is 5.69 Å². The van der Waals surface area contributed by atoms with Gasteiger partial charge in [-0.2, -0.15) is 28.2 Å². The summed E-state index contributed by atoms with van der Waals surface area (Å²) < 4.78 is 46.7. The molecule has 1 fully saturated rings. The molecule has 2 aromatic heterocycles. The van der Waals surface area contributed by atoms with Gasteiger partial charge in [0.2, 0.25) is 5.91 Å². The van der Waals surface area contributed by atoms with Crippen molar-refractivity contribution >= 4 is 17.3 Å². The molecule has 1 amide bonds. The molecule has 0 spiro atoms. The van der Waals surface area contributed by atoms with Gasteiger partial charge in [-0.25, -0.2) is 9.97 Å². The fraction of sp³-hybridized carbons (Fsp3) is 0.458. The van der Waals surface area contributed by atoms with Crippen LogP contribution in [0, 0.1) is 0 Å². The number of fused-ring (bicyclic) bond motifs is 1. The number of piperazine rings is 1. The second kappa shape index (κ2) is 9.87. The molecule has 4 heterocycles. The zero-order chi connectivity index (χ0) is 26.2. The van der Waals surface area contributed by atoms with Crippen LogP contribution in [0.5, 0.6) is 6.01 Å². The fourth-order valence-corrected chi connectivity index (χ4v) is 5.10. The molecule has 196 valence electrons. The molecule has 13 heteroatoms. The number of benzene rings is 1. The number of nitrogens with zero attached hydrogens (tertiary/aromatic N) is 8. The van der Waals surface area contributed by atoms with Gasteiger partial charge >= 0.3 is 12.2 Å². The van der Waals surface area contributed by atoms with Gasteiger partial charge in [0.25, 0.3) is 0 Å². The molecular weight excluding hydrogens is 489 g/mol. The number of hydrogen-bond acceptors (Lipinski definition) is 8. The fourth-order valence-electron chi connectivity index (χ4n) is 5.10. The smallest absolute Gasteiger partial charge is 0.416 e. The summed E-state index contributed by atoms with van der Waals surface area (Å²) in [7, 11) is 1.47. The molecule has 0 aliphatic carbocycles. The summed E-state index contributed by atoms with van der Waals surface area (Å²) in [6, 6.07) is 2.84. The Morgan fingerprint density at radius 2 is 1.78 bits per heavy atom. The maximum Gasteiger partial charge on any atom is 0.416 e. The Labute approximate surface area is 211 Å². The highest BCUT2D eigenvalue weighted by atomic mass is 19.4. The van der Waals surface area contributed by atoms with Crippen LogP contribution in [0.15, 0.2) is 36.9 Å². The maximum atomic E-state index is 13.9. The quantitative estimate of drug-likeness (QED) is 0.511. The monoisotopic (exact) mass is 516 g/mol. The van der Waals surface area contributed by atoms with E-state index in [-0.39, 0.29) is 30.9 Å². The number of anilines is 2. The highest BCUT2D eigenvalue weighted by Gasteiger charge is 2.38. The van der Waals surface area contributed by atoms with Crippen molar-refractivity contribution in [2.75, 3.05) is 43.1 Å². The lowest BCUT2D eigenvalue weighted by molar-refractivity contribution is -0.138. The molecule has 0 saturated carbocycles. The van der Waals surface area contributed by atoms with Crippen LogP contribution >= 0.6 is 0 Å². The highest BCUT2D eigenvalue weighted by molar-refractivity contribution is 5.76. The third-order valence-electron chi connectivity index (χ3n) is 6.89. The third-order valence-corrected chi connectivity index (χ3v) is 6.89.